The number of benzene rings is 2. The Hall–Kier alpha value is -4.85. The highest BCUT2D eigenvalue weighted by Crippen LogP contribution is 2.21. The van der Waals surface area contributed by atoms with Gasteiger partial charge in [-0.15, -0.1) is 0 Å². The quantitative estimate of drug-likeness (QED) is 0.251. The van der Waals surface area contributed by atoms with Gasteiger partial charge in [-0.1, -0.05) is 42.5 Å². The zero-order valence-corrected chi connectivity index (χ0v) is 20.7. The Bertz CT molecular complexity index is 1530. The lowest BCUT2D eigenvalue weighted by molar-refractivity contribution is 0.301. The van der Waals surface area contributed by atoms with Gasteiger partial charge >= 0.3 is 5.76 Å². The second-order valence-corrected chi connectivity index (χ2v) is 8.76. The van der Waals surface area contributed by atoms with Crippen molar-refractivity contribution in [1.29, 1.82) is 0 Å². The minimum Gasteiger partial charge on any atom is -0.492 e. The van der Waals surface area contributed by atoms with Crippen molar-refractivity contribution < 1.29 is 18.7 Å². The van der Waals surface area contributed by atoms with Crippen molar-refractivity contribution in [2.45, 2.75) is 32.4 Å². The van der Waals surface area contributed by atoms with E-state index in [1.807, 2.05) is 66.7 Å². The van der Waals surface area contributed by atoms with E-state index < -0.39 is 5.76 Å². The van der Waals surface area contributed by atoms with Gasteiger partial charge in [-0.05, 0) is 59.9 Å². The van der Waals surface area contributed by atoms with Crippen LogP contribution in [0.1, 0.15) is 40.5 Å². The Balaban J connectivity index is 1.09. The standard InChI is InChI=1S/C30H27N3O5/c34-29-27(38-30(35)33(29)19-24-15-17-31-18-16-24)8-4-7-23-9-12-26(13-10-23)36-20-25-21-37-28(32-25)14-11-22-5-2-1-3-6-22/h1-3,5-6,9-18,21,34H,4,7-8,19-20H2. The second kappa shape index (κ2) is 11.9. The van der Waals surface area contributed by atoms with Crippen molar-refractivity contribution in [3.63, 3.8) is 0 Å². The van der Waals surface area contributed by atoms with E-state index >= 15 is 0 Å². The predicted octanol–water partition coefficient (Wildman–Crippen LogP) is 5.50. The topological polar surface area (TPSA) is 104 Å². The molecular weight excluding hydrogens is 482 g/mol. The predicted molar refractivity (Wildman–Crippen MR) is 143 cm³/mol. The first-order valence-electron chi connectivity index (χ1n) is 12.3. The van der Waals surface area contributed by atoms with Crippen LogP contribution in [-0.4, -0.2) is 19.6 Å². The Labute approximate surface area is 219 Å². The van der Waals surface area contributed by atoms with Gasteiger partial charge in [0.25, 0.3) is 0 Å². The van der Waals surface area contributed by atoms with Gasteiger partial charge in [-0.3, -0.25) is 4.98 Å². The lowest BCUT2D eigenvalue weighted by Gasteiger charge is -2.06. The summed E-state index contributed by atoms with van der Waals surface area (Å²) in [6.45, 7) is 0.537. The maximum absolute atomic E-state index is 12.2. The molecule has 0 aliphatic carbocycles. The van der Waals surface area contributed by atoms with E-state index in [-0.39, 0.29) is 12.4 Å². The van der Waals surface area contributed by atoms with E-state index in [2.05, 4.69) is 9.97 Å². The van der Waals surface area contributed by atoms with Crippen LogP contribution in [0.25, 0.3) is 12.2 Å². The molecule has 0 aliphatic rings. The second-order valence-electron chi connectivity index (χ2n) is 8.76. The fourth-order valence-corrected chi connectivity index (χ4v) is 3.98. The Morgan fingerprint density at radius 1 is 0.921 bits per heavy atom. The minimum absolute atomic E-state index is 0.123. The van der Waals surface area contributed by atoms with Crippen molar-refractivity contribution in [2.24, 2.45) is 0 Å². The SMILES string of the molecule is O=c1oc(CCCc2ccc(OCc3coc(C=Cc4ccccc4)n3)cc2)c(O)n1Cc1ccncc1. The Kier molecular flexibility index (Phi) is 7.79. The molecule has 3 heterocycles. The summed E-state index contributed by atoms with van der Waals surface area (Å²) in [5, 5.41) is 10.5. The number of aryl methyl sites for hydroxylation is 2. The van der Waals surface area contributed by atoms with Crippen molar-refractivity contribution in [3.05, 3.63) is 130 Å². The van der Waals surface area contributed by atoms with Gasteiger partial charge in [0.05, 0.1) is 6.54 Å². The number of hydrogen-bond donors (Lipinski definition) is 1. The summed E-state index contributed by atoms with van der Waals surface area (Å²) in [7, 11) is 0. The van der Waals surface area contributed by atoms with Gasteiger partial charge in [0, 0.05) is 24.9 Å². The normalized spacial score (nSPS) is 11.3. The first-order chi connectivity index (χ1) is 18.6. The zero-order valence-electron chi connectivity index (χ0n) is 20.7. The van der Waals surface area contributed by atoms with Gasteiger partial charge in [-0.2, -0.15) is 0 Å². The molecule has 0 saturated heterocycles. The molecule has 0 atom stereocenters. The summed E-state index contributed by atoms with van der Waals surface area (Å²) in [4.78, 5) is 20.6. The molecule has 38 heavy (non-hydrogen) atoms. The largest absolute Gasteiger partial charge is 0.492 e. The monoisotopic (exact) mass is 509 g/mol. The maximum atomic E-state index is 12.2. The first-order valence-corrected chi connectivity index (χ1v) is 12.3. The van der Waals surface area contributed by atoms with Crippen LogP contribution in [0, 0.1) is 0 Å². The van der Waals surface area contributed by atoms with Crippen molar-refractivity contribution in [3.8, 4) is 11.6 Å². The minimum atomic E-state index is -0.567. The van der Waals surface area contributed by atoms with Crippen LogP contribution in [0.3, 0.4) is 0 Å². The third kappa shape index (κ3) is 6.47. The number of rotatable bonds is 11. The number of ether oxygens (including phenoxy) is 1. The molecule has 1 N–H and O–H groups in total. The van der Waals surface area contributed by atoms with Crippen LogP contribution in [0.15, 0.2) is 99.0 Å². The molecule has 5 rings (SSSR count). The zero-order chi connectivity index (χ0) is 26.2. The Morgan fingerprint density at radius 2 is 1.71 bits per heavy atom. The summed E-state index contributed by atoms with van der Waals surface area (Å²) < 4.78 is 17.9. The van der Waals surface area contributed by atoms with Crippen LogP contribution < -0.4 is 10.5 Å². The highest BCUT2D eigenvalue weighted by atomic mass is 16.5. The summed E-state index contributed by atoms with van der Waals surface area (Å²) in [6.07, 6.45) is 10.6. The van der Waals surface area contributed by atoms with Crippen molar-refractivity contribution >= 4 is 12.2 Å². The summed E-state index contributed by atoms with van der Waals surface area (Å²) in [5.74, 6) is 0.867. The lowest BCUT2D eigenvalue weighted by Crippen LogP contribution is -2.14. The van der Waals surface area contributed by atoms with Crippen LogP contribution in [-0.2, 0) is 26.0 Å². The summed E-state index contributed by atoms with van der Waals surface area (Å²) in [5.41, 5.74) is 3.75. The summed E-state index contributed by atoms with van der Waals surface area (Å²) >= 11 is 0. The van der Waals surface area contributed by atoms with Crippen LogP contribution >= 0.6 is 0 Å². The van der Waals surface area contributed by atoms with E-state index in [4.69, 9.17) is 13.6 Å². The van der Waals surface area contributed by atoms with E-state index in [0.29, 0.717) is 36.8 Å². The molecule has 0 saturated carbocycles. The average Bonchev–Trinajstić information content (AvgIpc) is 3.52. The molecule has 8 nitrogen and oxygen atoms in total. The third-order valence-electron chi connectivity index (χ3n) is 5.99. The van der Waals surface area contributed by atoms with Gasteiger partial charge < -0.3 is 18.7 Å². The molecule has 0 fully saturated rings. The smallest absolute Gasteiger partial charge is 0.422 e. The number of nitrogens with zero attached hydrogens (tertiary/aromatic N) is 3. The fraction of sp³-hybridized carbons (Fsp3) is 0.167. The van der Waals surface area contributed by atoms with E-state index in [9.17, 15) is 9.90 Å². The molecule has 5 aromatic rings. The van der Waals surface area contributed by atoms with Gasteiger partial charge in [0.2, 0.25) is 11.8 Å². The van der Waals surface area contributed by atoms with Crippen LogP contribution in [0.5, 0.6) is 11.6 Å². The molecule has 0 spiro atoms. The van der Waals surface area contributed by atoms with E-state index in [1.165, 1.54) is 4.57 Å². The summed E-state index contributed by atoms with van der Waals surface area (Å²) in [6, 6.07) is 21.4. The van der Waals surface area contributed by atoms with E-state index in [1.54, 1.807) is 30.8 Å². The number of aromatic hydroxyl groups is 1. The van der Waals surface area contributed by atoms with Crippen LogP contribution in [0.2, 0.25) is 0 Å². The number of aromatic nitrogens is 3. The van der Waals surface area contributed by atoms with E-state index in [0.717, 1.165) is 28.9 Å². The van der Waals surface area contributed by atoms with Gasteiger partial charge in [0.1, 0.15) is 24.3 Å². The number of hydrogen-bond acceptors (Lipinski definition) is 7. The fourth-order valence-electron chi connectivity index (χ4n) is 3.98. The highest BCUT2D eigenvalue weighted by Gasteiger charge is 2.16. The highest BCUT2D eigenvalue weighted by molar-refractivity contribution is 5.65. The van der Waals surface area contributed by atoms with Crippen LogP contribution in [0.4, 0.5) is 0 Å². The third-order valence-corrected chi connectivity index (χ3v) is 5.99. The molecule has 192 valence electrons. The molecular formula is C30H27N3O5. The van der Waals surface area contributed by atoms with Gasteiger partial charge in [0.15, 0.2) is 5.76 Å². The molecule has 0 amide bonds. The average molecular weight is 510 g/mol. The molecule has 0 bridgehead atoms. The molecule has 0 aliphatic heterocycles. The number of oxazole rings is 2. The lowest BCUT2D eigenvalue weighted by atomic mass is 10.1. The van der Waals surface area contributed by atoms with Crippen molar-refractivity contribution in [2.75, 3.05) is 0 Å². The number of pyridine rings is 1. The molecule has 2 aromatic carbocycles. The molecule has 8 heteroatoms. The molecule has 0 radical (unpaired) electrons. The Morgan fingerprint density at radius 3 is 2.50 bits per heavy atom. The molecule has 3 aromatic heterocycles. The molecule has 0 unspecified atom stereocenters. The van der Waals surface area contributed by atoms with Gasteiger partial charge in [-0.25, -0.2) is 14.3 Å². The first kappa shape index (κ1) is 24.8. The maximum Gasteiger partial charge on any atom is 0.422 e. The van der Waals surface area contributed by atoms with Crippen molar-refractivity contribution in [1.82, 2.24) is 14.5 Å².